The molecule has 174 valence electrons. The van der Waals surface area contributed by atoms with Crippen molar-refractivity contribution in [3.8, 4) is 5.75 Å². The van der Waals surface area contributed by atoms with Crippen LogP contribution in [0.1, 0.15) is 11.1 Å². The maximum atomic E-state index is 13.5. The summed E-state index contributed by atoms with van der Waals surface area (Å²) in [5.41, 5.74) is 5.42. The molecule has 6 nitrogen and oxygen atoms in total. The number of nitrogens with zero attached hydrogens (tertiary/aromatic N) is 4. The Labute approximate surface area is 208 Å². The average Bonchev–Trinajstić information content (AvgIpc) is 3.13. The van der Waals surface area contributed by atoms with E-state index in [0.29, 0.717) is 12.4 Å². The molecule has 1 fully saturated rings. The first-order valence-corrected chi connectivity index (χ1v) is 12.2. The lowest BCUT2D eigenvalue weighted by molar-refractivity contribution is -0.112. The number of benzene rings is 3. The van der Waals surface area contributed by atoms with Gasteiger partial charge in [-0.05, 0) is 55.0 Å². The average molecular weight is 519 g/mol. The van der Waals surface area contributed by atoms with E-state index in [-0.39, 0.29) is 5.91 Å². The normalized spacial score (nSPS) is 17.4. The smallest absolute Gasteiger partial charge is 0.278 e. The van der Waals surface area contributed by atoms with Crippen molar-refractivity contribution in [2.45, 2.75) is 6.92 Å². The van der Waals surface area contributed by atoms with Crippen LogP contribution in [0.15, 0.2) is 76.2 Å². The van der Waals surface area contributed by atoms with Gasteiger partial charge in [-0.1, -0.05) is 40.2 Å². The number of para-hydroxylation sites is 1. The fourth-order valence-electron chi connectivity index (χ4n) is 4.43. The van der Waals surface area contributed by atoms with Crippen LogP contribution in [-0.4, -0.2) is 56.5 Å². The molecule has 1 saturated heterocycles. The molecule has 0 saturated carbocycles. The number of rotatable bonds is 5. The molecule has 2 heterocycles. The fourth-order valence-corrected chi connectivity index (χ4v) is 4.80. The Morgan fingerprint density at radius 1 is 0.971 bits per heavy atom. The number of methoxy groups -OCH3 is 1. The van der Waals surface area contributed by atoms with E-state index < -0.39 is 0 Å². The SMILES string of the molecule is COc1ccc(N2CCN(CN3C(=O)C(=Nc4ccc(C)c(Br)c4)c4ccccc43)CC2)cc1. The molecule has 0 radical (unpaired) electrons. The summed E-state index contributed by atoms with van der Waals surface area (Å²) >= 11 is 3.57. The predicted octanol–water partition coefficient (Wildman–Crippen LogP) is 5.01. The van der Waals surface area contributed by atoms with Crippen LogP contribution < -0.4 is 14.5 Å². The summed E-state index contributed by atoms with van der Waals surface area (Å²) in [4.78, 5) is 24.8. The fraction of sp³-hybridized carbons (Fsp3) is 0.259. The van der Waals surface area contributed by atoms with Crippen LogP contribution in [0.25, 0.3) is 0 Å². The van der Waals surface area contributed by atoms with Crippen LogP contribution in [0, 0.1) is 6.92 Å². The molecule has 0 spiro atoms. The number of aliphatic imine (C=N–C) groups is 1. The summed E-state index contributed by atoms with van der Waals surface area (Å²) in [7, 11) is 1.68. The van der Waals surface area contributed by atoms with Gasteiger partial charge in [0.25, 0.3) is 5.91 Å². The van der Waals surface area contributed by atoms with E-state index in [1.54, 1.807) is 7.11 Å². The van der Waals surface area contributed by atoms with E-state index in [1.807, 2.05) is 66.4 Å². The number of aryl methyl sites for hydroxylation is 1. The van der Waals surface area contributed by atoms with Gasteiger partial charge in [0.2, 0.25) is 0 Å². The van der Waals surface area contributed by atoms with E-state index >= 15 is 0 Å². The molecule has 0 unspecified atom stereocenters. The highest BCUT2D eigenvalue weighted by atomic mass is 79.9. The van der Waals surface area contributed by atoms with E-state index in [0.717, 1.165) is 58.9 Å². The van der Waals surface area contributed by atoms with Gasteiger partial charge in [-0.25, -0.2) is 4.99 Å². The van der Waals surface area contributed by atoms with E-state index in [9.17, 15) is 4.79 Å². The van der Waals surface area contributed by atoms with Crippen LogP contribution in [0.5, 0.6) is 5.75 Å². The maximum absolute atomic E-state index is 13.5. The van der Waals surface area contributed by atoms with Gasteiger partial charge in [0.05, 0.1) is 25.2 Å². The first kappa shape index (κ1) is 22.6. The Morgan fingerprint density at radius 3 is 2.41 bits per heavy atom. The zero-order chi connectivity index (χ0) is 23.7. The molecule has 3 aromatic rings. The zero-order valence-corrected chi connectivity index (χ0v) is 21.0. The number of anilines is 2. The third-order valence-electron chi connectivity index (χ3n) is 6.45. The Bertz CT molecular complexity index is 1230. The lowest BCUT2D eigenvalue weighted by Gasteiger charge is -2.37. The molecule has 2 aliphatic heterocycles. The largest absolute Gasteiger partial charge is 0.497 e. The standard InChI is InChI=1S/C27H27BrN4O2/c1-19-7-8-20(17-24(19)28)29-26-23-5-3-4-6-25(23)32(27(26)33)18-30-13-15-31(16-14-30)21-9-11-22(34-2)12-10-21/h3-12,17H,13-16,18H2,1-2H3. The minimum Gasteiger partial charge on any atom is -0.497 e. The number of piperazine rings is 1. The molecule has 3 aromatic carbocycles. The topological polar surface area (TPSA) is 48.4 Å². The van der Waals surface area contributed by atoms with Crippen molar-refractivity contribution in [2.24, 2.45) is 4.99 Å². The van der Waals surface area contributed by atoms with Gasteiger partial charge >= 0.3 is 0 Å². The zero-order valence-electron chi connectivity index (χ0n) is 19.4. The van der Waals surface area contributed by atoms with Gasteiger partial charge in [0, 0.05) is 41.9 Å². The molecule has 7 heteroatoms. The van der Waals surface area contributed by atoms with Crippen molar-refractivity contribution in [2.75, 3.05) is 49.8 Å². The molecule has 1 amide bonds. The summed E-state index contributed by atoms with van der Waals surface area (Å²) in [6.07, 6.45) is 0. The van der Waals surface area contributed by atoms with Crippen LogP contribution in [0.3, 0.4) is 0 Å². The van der Waals surface area contributed by atoms with E-state index in [4.69, 9.17) is 9.73 Å². The molecule has 2 aliphatic rings. The minimum atomic E-state index is -0.0459. The number of halogens is 1. The van der Waals surface area contributed by atoms with Crippen LogP contribution in [0.4, 0.5) is 17.1 Å². The molecular weight excluding hydrogens is 492 g/mol. The van der Waals surface area contributed by atoms with Crippen molar-refractivity contribution in [1.82, 2.24) is 4.90 Å². The van der Waals surface area contributed by atoms with Gasteiger partial charge in [0.15, 0.2) is 0 Å². The van der Waals surface area contributed by atoms with Crippen molar-refractivity contribution >= 4 is 44.6 Å². The van der Waals surface area contributed by atoms with Gasteiger partial charge in [0.1, 0.15) is 11.5 Å². The van der Waals surface area contributed by atoms with Crippen molar-refractivity contribution in [1.29, 1.82) is 0 Å². The number of carbonyl (C=O) groups excluding carboxylic acids is 1. The van der Waals surface area contributed by atoms with E-state index in [2.05, 4.69) is 37.9 Å². The number of amides is 1. The highest BCUT2D eigenvalue weighted by Crippen LogP contribution is 2.32. The highest BCUT2D eigenvalue weighted by Gasteiger charge is 2.35. The maximum Gasteiger partial charge on any atom is 0.278 e. The number of carbonyl (C=O) groups is 1. The van der Waals surface area contributed by atoms with Gasteiger partial charge < -0.3 is 9.64 Å². The molecule has 0 aliphatic carbocycles. The Kier molecular flexibility index (Phi) is 6.39. The first-order chi connectivity index (χ1) is 16.5. The second-order valence-electron chi connectivity index (χ2n) is 8.59. The quantitative estimate of drug-likeness (QED) is 0.476. The number of hydrogen-bond acceptors (Lipinski definition) is 5. The summed E-state index contributed by atoms with van der Waals surface area (Å²) in [6, 6.07) is 22.0. The molecule has 0 N–H and O–H groups in total. The predicted molar refractivity (Wildman–Crippen MR) is 141 cm³/mol. The van der Waals surface area contributed by atoms with Gasteiger partial charge in [-0.15, -0.1) is 0 Å². The summed E-state index contributed by atoms with van der Waals surface area (Å²) in [6.45, 7) is 6.18. The number of fused-ring (bicyclic) bond motifs is 1. The third kappa shape index (κ3) is 4.45. The highest BCUT2D eigenvalue weighted by molar-refractivity contribution is 9.10. The summed E-state index contributed by atoms with van der Waals surface area (Å²) in [5.74, 6) is 0.819. The Morgan fingerprint density at radius 2 is 1.71 bits per heavy atom. The Balaban J connectivity index is 1.31. The molecule has 5 rings (SSSR count). The minimum absolute atomic E-state index is 0.0459. The molecular formula is C27H27BrN4O2. The number of hydrogen-bond donors (Lipinski definition) is 0. The van der Waals surface area contributed by atoms with Crippen LogP contribution >= 0.6 is 15.9 Å². The molecule has 0 bridgehead atoms. The monoisotopic (exact) mass is 518 g/mol. The summed E-state index contributed by atoms with van der Waals surface area (Å²) in [5, 5.41) is 0. The third-order valence-corrected chi connectivity index (χ3v) is 7.30. The molecule has 0 atom stereocenters. The van der Waals surface area contributed by atoms with Gasteiger partial charge in [-0.2, -0.15) is 0 Å². The second kappa shape index (κ2) is 9.60. The van der Waals surface area contributed by atoms with Crippen molar-refractivity contribution in [3.05, 3.63) is 82.3 Å². The number of ether oxygens (including phenoxy) is 1. The molecule has 34 heavy (non-hydrogen) atoms. The van der Waals surface area contributed by atoms with Gasteiger partial charge in [-0.3, -0.25) is 14.6 Å². The second-order valence-corrected chi connectivity index (χ2v) is 9.44. The first-order valence-electron chi connectivity index (χ1n) is 11.4. The molecule has 0 aromatic heterocycles. The lowest BCUT2D eigenvalue weighted by atomic mass is 10.1. The lowest BCUT2D eigenvalue weighted by Crippen LogP contribution is -2.51. The Hall–Kier alpha value is -3.16. The van der Waals surface area contributed by atoms with Crippen LogP contribution in [-0.2, 0) is 4.79 Å². The van der Waals surface area contributed by atoms with E-state index in [1.165, 1.54) is 5.69 Å². The summed E-state index contributed by atoms with van der Waals surface area (Å²) < 4.78 is 6.25. The van der Waals surface area contributed by atoms with Crippen molar-refractivity contribution in [3.63, 3.8) is 0 Å². The van der Waals surface area contributed by atoms with Crippen molar-refractivity contribution < 1.29 is 9.53 Å². The van der Waals surface area contributed by atoms with Crippen LogP contribution in [0.2, 0.25) is 0 Å².